The molecule has 0 aliphatic rings. The quantitative estimate of drug-likeness (QED) is 0.463. The lowest BCUT2D eigenvalue weighted by atomic mass is 10.2. The third-order valence-corrected chi connectivity index (χ3v) is 4.89. The summed E-state index contributed by atoms with van der Waals surface area (Å²) in [5, 5.41) is 0. The first-order valence-electron chi connectivity index (χ1n) is 5.47. The van der Waals surface area contributed by atoms with E-state index in [1.54, 1.807) is 12.1 Å². The third-order valence-electron chi connectivity index (χ3n) is 2.44. The van der Waals surface area contributed by atoms with E-state index in [1.807, 2.05) is 22.6 Å². The lowest BCUT2D eigenvalue weighted by molar-refractivity contribution is -0.138. The highest BCUT2D eigenvalue weighted by Crippen LogP contribution is 2.39. The number of aldehydes is 1. The Morgan fingerprint density at radius 2 is 2.05 bits per heavy atom. The summed E-state index contributed by atoms with van der Waals surface area (Å²) in [4.78, 5) is 14.2. The molecule has 0 aliphatic carbocycles. The predicted octanol–water partition coefficient (Wildman–Crippen LogP) is 5.07. The molecule has 2 aromatic rings. The van der Waals surface area contributed by atoms with Crippen molar-refractivity contribution in [3.63, 3.8) is 0 Å². The van der Waals surface area contributed by atoms with Crippen LogP contribution in [0.3, 0.4) is 0 Å². The Balaban J connectivity index is 2.49. The van der Waals surface area contributed by atoms with Crippen LogP contribution >= 0.6 is 38.5 Å². The zero-order valence-corrected chi connectivity index (χ0v) is 13.9. The Bertz CT molecular complexity index is 692. The van der Waals surface area contributed by atoms with Gasteiger partial charge in [0.25, 0.3) is 0 Å². The summed E-state index contributed by atoms with van der Waals surface area (Å²) in [6.45, 7) is 0. The van der Waals surface area contributed by atoms with Crippen LogP contribution in [0.15, 0.2) is 34.9 Å². The second-order valence-electron chi connectivity index (χ2n) is 3.89. The topological polar surface area (TPSA) is 39.2 Å². The van der Waals surface area contributed by atoms with Gasteiger partial charge in [-0.05, 0) is 56.7 Å². The van der Waals surface area contributed by atoms with Gasteiger partial charge in [-0.3, -0.25) is 4.79 Å². The highest BCUT2D eigenvalue weighted by molar-refractivity contribution is 14.1. The standard InChI is InChI=1S/C13H6BrF3INO2/c14-11-9(18)2-1-3-10(11)21-12-8(13(15,16)17)4-7(6-20)5-19-12/h1-6H. The van der Waals surface area contributed by atoms with Crippen LogP contribution in [-0.2, 0) is 6.18 Å². The van der Waals surface area contributed by atoms with Crippen molar-refractivity contribution in [2.24, 2.45) is 0 Å². The number of carbonyl (C=O) groups excluding carboxylic acids is 1. The van der Waals surface area contributed by atoms with E-state index in [2.05, 4.69) is 20.9 Å². The van der Waals surface area contributed by atoms with Crippen LogP contribution in [0.25, 0.3) is 0 Å². The molecule has 0 radical (unpaired) electrons. The number of aromatic nitrogens is 1. The minimum absolute atomic E-state index is 0.170. The Morgan fingerprint density at radius 1 is 1.33 bits per heavy atom. The van der Waals surface area contributed by atoms with Gasteiger partial charge in [-0.2, -0.15) is 13.2 Å². The number of pyridine rings is 1. The second kappa shape index (κ2) is 6.30. The van der Waals surface area contributed by atoms with Gasteiger partial charge in [0.1, 0.15) is 11.3 Å². The van der Waals surface area contributed by atoms with Crippen LogP contribution in [0.2, 0.25) is 0 Å². The highest BCUT2D eigenvalue weighted by atomic mass is 127. The average molecular weight is 472 g/mol. The zero-order chi connectivity index (χ0) is 15.6. The monoisotopic (exact) mass is 471 g/mol. The molecular formula is C13H6BrF3INO2. The van der Waals surface area contributed by atoms with Crippen molar-refractivity contribution in [3.8, 4) is 11.6 Å². The van der Waals surface area contributed by atoms with Crippen molar-refractivity contribution >= 4 is 44.8 Å². The maximum atomic E-state index is 13.0. The molecule has 0 bridgehead atoms. The molecule has 0 amide bonds. The van der Waals surface area contributed by atoms with Crippen molar-refractivity contribution < 1.29 is 22.7 Å². The number of hydrogen-bond donors (Lipinski definition) is 0. The molecule has 0 spiro atoms. The smallest absolute Gasteiger partial charge is 0.421 e. The Kier molecular flexibility index (Phi) is 4.87. The average Bonchev–Trinajstić information content (AvgIpc) is 2.43. The van der Waals surface area contributed by atoms with Crippen LogP contribution < -0.4 is 4.74 Å². The first kappa shape index (κ1) is 16.2. The molecule has 0 atom stereocenters. The first-order chi connectivity index (χ1) is 9.82. The summed E-state index contributed by atoms with van der Waals surface area (Å²) < 4.78 is 45.6. The number of hydrogen-bond acceptors (Lipinski definition) is 3. The molecule has 0 N–H and O–H groups in total. The molecule has 8 heteroatoms. The van der Waals surface area contributed by atoms with Crippen LogP contribution in [0.5, 0.6) is 11.6 Å². The van der Waals surface area contributed by atoms with E-state index < -0.39 is 17.6 Å². The fourth-order valence-electron chi connectivity index (χ4n) is 1.48. The number of carbonyl (C=O) groups is 1. The highest BCUT2D eigenvalue weighted by Gasteiger charge is 2.36. The van der Waals surface area contributed by atoms with Crippen molar-refractivity contribution in [2.45, 2.75) is 6.18 Å². The lowest BCUT2D eigenvalue weighted by Gasteiger charge is -2.14. The van der Waals surface area contributed by atoms with E-state index in [4.69, 9.17) is 4.74 Å². The van der Waals surface area contributed by atoms with E-state index in [-0.39, 0.29) is 11.3 Å². The van der Waals surface area contributed by atoms with Gasteiger partial charge < -0.3 is 4.74 Å². The van der Waals surface area contributed by atoms with Gasteiger partial charge in [0.05, 0.1) is 4.47 Å². The molecule has 1 aromatic heterocycles. The third kappa shape index (κ3) is 3.73. The van der Waals surface area contributed by atoms with E-state index in [9.17, 15) is 18.0 Å². The number of ether oxygens (including phenoxy) is 1. The summed E-state index contributed by atoms with van der Waals surface area (Å²) in [7, 11) is 0. The van der Waals surface area contributed by atoms with E-state index >= 15 is 0 Å². The number of rotatable bonds is 3. The van der Waals surface area contributed by atoms with Crippen LogP contribution in [0, 0.1) is 3.57 Å². The van der Waals surface area contributed by atoms with E-state index in [1.165, 1.54) is 6.07 Å². The number of nitrogens with zero attached hydrogens (tertiary/aromatic N) is 1. The Morgan fingerprint density at radius 3 is 2.67 bits per heavy atom. The summed E-state index contributed by atoms with van der Waals surface area (Å²) in [6, 6.07) is 5.64. The SMILES string of the molecule is O=Cc1cnc(Oc2cccc(I)c2Br)c(C(F)(F)F)c1. The zero-order valence-electron chi connectivity index (χ0n) is 10.1. The fraction of sp³-hybridized carbons (Fsp3) is 0.0769. The molecular weight excluding hydrogens is 466 g/mol. The minimum Gasteiger partial charge on any atom is -0.437 e. The summed E-state index contributed by atoms with van der Waals surface area (Å²) in [5.74, 6) is -0.394. The van der Waals surface area contributed by atoms with E-state index in [0.717, 1.165) is 9.77 Å². The molecule has 0 aliphatic heterocycles. The number of alkyl halides is 3. The van der Waals surface area contributed by atoms with Crippen LogP contribution in [0.4, 0.5) is 13.2 Å². The predicted molar refractivity (Wildman–Crippen MR) is 81.6 cm³/mol. The van der Waals surface area contributed by atoms with Gasteiger partial charge in [0.2, 0.25) is 5.88 Å². The summed E-state index contributed by atoms with van der Waals surface area (Å²) in [5.41, 5.74) is -1.27. The largest absolute Gasteiger partial charge is 0.437 e. The molecule has 0 fully saturated rings. The normalized spacial score (nSPS) is 11.3. The van der Waals surface area contributed by atoms with Gasteiger partial charge in [0.15, 0.2) is 6.29 Å². The Labute approximate surface area is 139 Å². The van der Waals surface area contributed by atoms with Crippen molar-refractivity contribution in [2.75, 3.05) is 0 Å². The second-order valence-corrected chi connectivity index (χ2v) is 5.85. The summed E-state index contributed by atoms with van der Waals surface area (Å²) in [6.07, 6.45) is -3.34. The van der Waals surface area contributed by atoms with Crippen molar-refractivity contribution in [1.29, 1.82) is 0 Å². The molecule has 110 valence electrons. The molecule has 2 rings (SSSR count). The maximum absolute atomic E-state index is 13.0. The molecule has 21 heavy (non-hydrogen) atoms. The summed E-state index contributed by atoms with van der Waals surface area (Å²) >= 11 is 5.26. The lowest BCUT2D eigenvalue weighted by Crippen LogP contribution is -2.09. The van der Waals surface area contributed by atoms with Gasteiger partial charge in [0, 0.05) is 15.3 Å². The minimum atomic E-state index is -4.67. The molecule has 1 aromatic carbocycles. The fourth-order valence-corrected chi connectivity index (χ4v) is 2.30. The van der Waals surface area contributed by atoms with Gasteiger partial charge in [-0.25, -0.2) is 4.98 Å². The first-order valence-corrected chi connectivity index (χ1v) is 7.34. The van der Waals surface area contributed by atoms with Crippen molar-refractivity contribution in [1.82, 2.24) is 4.98 Å². The maximum Gasteiger partial charge on any atom is 0.421 e. The molecule has 1 heterocycles. The molecule has 3 nitrogen and oxygen atoms in total. The van der Waals surface area contributed by atoms with Crippen molar-refractivity contribution in [3.05, 3.63) is 49.6 Å². The van der Waals surface area contributed by atoms with E-state index in [0.29, 0.717) is 16.8 Å². The van der Waals surface area contributed by atoms with Gasteiger partial charge in [-0.15, -0.1) is 0 Å². The van der Waals surface area contributed by atoms with Gasteiger partial charge >= 0.3 is 6.18 Å². The van der Waals surface area contributed by atoms with Gasteiger partial charge in [-0.1, -0.05) is 6.07 Å². The molecule has 0 unspecified atom stereocenters. The number of halogens is 5. The number of benzene rings is 1. The van der Waals surface area contributed by atoms with Crippen LogP contribution in [-0.4, -0.2) is 11.3 Å². The molecule has 0 saturated heterocycles. The Hall–Kier alpha value is -1.16. The van der Waals surface area contributed by atoms with Crippen LogP contribution in [0.1, 0.15) is 15.9 Å². The molecule has 0 saturated carbocycles.